The van der Waals surface area contributed by atoms with E-state index in [4.69, 9.17) is 0 Å². The SMILES string of the molecule is Cc1nc(-c2ccsc2)ccc1C(=O)NC1CCNCC1. The van der Waals surface area contributed by atoms with Crippen LogP contribution in [0.2, 0.25) is 0 Å². The van der Waals surface area contributed by atoms with Crippen LogP contribution in [-0.4, -0.2) is 30.0 Å². The zero-order chi connectivity index (χ0) is 14.7. The molecule has 21 heavy (non-hydrogen) atoms. The molecule has 0 aliphatic carbocycles. The van der Waals surface area contributed by atoms with Crippen LogP contribution in [0.5, 0.6) is 0 Å². The topological polar surface area (TPSA) is 54.0 Å². The fraction of sp³-hybridized carbons (Fsp3) is 0.375. The maximum Gasteiger partial charge on any atom is 0.253 e. The van der Waals surface area contributed by atoms with E-state index in [0.29, 0.717) is 5.56 Å². The summed E-state index contributed by atoms with van der Waals surface area (Å²) >= 11 is 1.65. The van der Waals surface area contributed by atoms with E-state index in [1.165, 1.54) is 0 Å². The highest BCUT2D eigenvalue weighted by atomic mass is 32.1. The molecule has 2 aromatic rings. The number of aryl methyl sites for hydroxylation is 1. The fourth-order valence-electron chi connectivity index (χ4n) is 2.60. The Morgan fingerprint density at radius 2 is 2.14 bits per heavy atom. The maximum absolute atomic E-state index is 12.4. The molecule has 1 aliphatic heterocycles. The molecule has 0 aromatic carbocycles. The van der Waals surface area contributed by atoms with Crippen LogP contribution < -0.4 is 10.6 Å². The molecule has 110 valence electrons. The number of pyridine rings is 1. The lowest BCUT2D eigenvalue weighted by molar-refractivity contribution is 0.0928. The second-order valence-electron chi connectivity index (χ2n) is 5.34. The monoisotopic (exact) mass is 301 g/mol. The lowest BCUT2D eigenvalue weighted by Gasteiger charge is -2.23. The first kappa shape index (κ1) is 14.2. The predicted molar refractivity (Wildman–Crippen MR) is 85.6 cm³/mol. The summed E-state index contributed by atoms with van der Waals surface area (Å²) in [5, 5.41) is 10.5. The second-order valence-corrected chi connectivity index (χ2v) is 6.12. The van der Waals surface area contributed by atoms with Crippen molar-refractivity contribution in [3.05, 3.63) is 40.2 Å². The van der Waals surface area contributed by atoms with Gasteiger partial charge in [0, 0.05) is 17.0 Å². The number of piperidine rings is 1. The molecule has 1 amide bonds. The Morgan fingerprint density at radius 1 is 1.33 bits per heavy atom. The molecule has 3 rings (SSSR count). The molecule has 3 heterocycles. The zero-order valence-corrected chi connectivity index (χ0v) is 12.9. The predicted octanol–water partition coefficient (Wildman–Crippen LogP) is 2.60. The summed E-state index contributed by atoms with van der Waals surface area (Å²) in [6.07, 6.45) is 1.98. The van der Waals surface area contributed by atoms with Gasteiger partial charge < -0.3 is 10.6 Å². The van der Waals surface area contributed by atoms with Crippen molar-refractivity contribution in [2.45, 2.75) is 25.8 Å². The van der Waals surface area contributed by atoms with E-state index in [0.717, 1.165) is 42.9 Å². The Labute approximate surface area is 128 Å². The van der Waals surface area contributed by atoms with Gasteiger partial charge in [0.05, 0.1) is 17.0 Å². The van der Waals surface area contributed by atoms with E-state index in [-0.39, 0.29) is 11.9 Å². The van der Waals surface area contributed by atoms with Crippen molar-refractivity contribution >= 4 is 17.2 Å². The molecule has 4 nitrogen and oxygen atoms in total. The number of carbonyl (C=O) groups is 1. The second kappa shape index (κ2) is 6.37. The standard InChI is InChI=1S/C16H19N3OS/c1-11-14(16(20)19-13-4-7-17-8-5-13)2-3-15(18-11)12-6-9-21-10-12/h2-3,6,9-10,13,17H,4-5,7-8H2,1H3,(H,19,20). The van der Waals surface area contributed by atoms with Crippen LogP contribution in [0.4, 0.5) is 0 Å². The Balaban J connectivity index is 1.74. The lowest BCUT2D eigenvalue weighted by Crippen LogP contribution is -2.42. The van der Waals surface area contributed by atoms with Crippen LogP contribution in [0.15, 0.2) is 29.0 Å². The van der Waals surface area contributed by atoms with Gasteiger partial charge >= 0.3 is 0 Å². The van der Waals surface area contributed by atoms with E-state index in [9.17, 15) is 4.79 Å². The minimum absolute atomic E-state index is 0.0104. The summed E-state index contributed by atoms with van der Waals surface area (Å²) in [5.74, 6) is -0.0104. The van der Waals surface area contributed by atoms with Crippen molar-refractivity contribution in [2.75, 3.05) is 13.1 Å². The van der Waals surface area contributed by atoms with Gasteiger partial charge in [0.2, 0.25) is 0 Å². The third kappa shape index (κ3) is 3.31. The highest BCUT2D eigenvalue weighted by Crippen LogP contribution is 2.21. The molecule has 0 saturated carbocycles. The van der Waals surface area contributed by atoms with Gasteiger partial charge in [0.15, 0.2) is 0 Å². The zero-order valence-electron chi connectivity index (χ0n) is 12.1. The number of hydrogen-bond donors (Lipinski definition) is 2. The molecule has 0 spiro atoms. The summed E-state index contributed by atoms with van der Waals surface area (Å²) in [7, 11) is 0. The normalized spacial score (nSPS) is 15.9. The molecule has 0 atom stereocenters. The summed E-state index contributed by atoms with van der Waals surface area (Å²) in [6.45, 7) is 3.84. The number of amides is 1. The summed E-state index contributed by atoms with van der Waals surface area (Å²) in [6, 6.07) is 6.12. The van der Waals surface area contributed by atoms with Crippen LogP contribution in [0.25, 0.3) is 11.3 Å². The van der Waals surface area contributed by atoms with Crippen molar-refractivity contribution in [1.29, 1.82) is 0 Å². The minimum Gasteiger partial charge on any atom is -0.349 e. The van der Waals surface area contributed by atoms with E-state index < -0.39 is 0 Å². The molecule has 1 saturated heterocycles. The van der Waals surface area contributed by atoms with E-state index in [2.05, 4.69) is 21.0 Å². The van der Waals surface area contributed by atoms with Gasteiger partial charge in [-0.2, -0.15) is 11.3 Å². The number of rotatable bonds is 3. The first-order chi connectivity index (χ1) is 10.2. The van der Waals surface area contributed by atoms with Gasteiger partial charge in [-0.3, -0.25) is 9.78 Å². The van der Waals surface area contributed by atoms with E-state index in [1.807, 2.05) is 30.5 Å². The Bertz CT molecular complexity index is 618. The highest BCUT2D eigenvalue weighted by molar-refractivity contribution is 7.08. The summed E-state index contributed by atoms with van der Waals surface area (Å²) in [4.78, 5) is 16.9. The van der Waals surface area contributed by atoms with Crippen LogP contribution in [0.3, 0.4) is 0 Å². The molecule has 0 unspecified atom stereocenters. The highest BCUT2D eigenvalue weighted by Gasteiger charge is 2.18. The van der Waals surface area contributed by atoms with Gasteiger partial charge in [-0.15, -0.1) is 0 Å². The molecule has 5 heteroatoms. The van der Waals surface area contributed by atoms with E-state index >= 15 is 0 Å². The maximum atomic E-state index is 12.4. The van der Waals surface area contributed by atoms with Crippen LogP contribution in [0, 0.1) is 6.92 Å². The molecule has 0 radical (unpaired) electrons. The van der Waals surface area contributed by atoms with Crippen molar-refractivity contribution in [1.82, 2.24) is 15.6 Å². The van der Waals surface area contributed by atoms with Gasteiger partial charge in [-0.05, 0) is 56.4 Å². The van der Waals surface area contributed by atoms with E-state index in [1.54, 1.807) is 11.3 Å². The van der Waals surface area contributed by atoms with Crippen LogP contribution >= 0.6 is 11.3 Å². The minimum atomic E-state index is -0.0104. The molecular formula is C16H19N3OS. The molecule has 0 bridgehead atoms. The average molecular weight is 301 g/mol. The Hall–Kier alpha value is -1.72. The third-order valence-electron chi connectivity index (χ3n) is 3.82. The number of carbonyl (C=O) groups excluding carboxylic acids is 1. The smallest absolute Gasteiger partial charge is 0.253 e. The van der Waals surface area contributed by atoms with Gasteiger partial charge in [-0.1, -0.05) is 0 Å². The quantitative estimate of drug-likeness (QED) is 0.916. The van der Waals surface area contributed by atoms with Gasteiger partial charge in [0.25, 0.3) is 5.91 Å². The van der Waals surface area contributed by atoms with Gasteiger partial charge in [0.1, 0.15) is 0 Å². The molecule has 2 aromatic heterocycles. The third-order valence-corrected chi connectivity index (χ3v) is 4.50. The van der Waals surface area contributed by atoms with Crippen molar-refractivity contribution < 1.29 is 4.79 Å². The van der Waals surface area contributed by atoms with Crippen molar-refractivity contribution in [3.63, 3.8) is 0 Å². The number of hydrogen-bond acceptors (Lipinski definition) is 4. The van der Waals surface area contributed by atoms with Gasteiger partial charge in [-0.25, -0.2) is 0 Å². The molecular weight excluding hydrogens is 282 g/mol. The Kier molecular flexibility index (Phi) is 4.31. The summed E-state index contributed by atoms with van der Waals surface area (Å²) < 4.78 is 0. The number of nitrogens with zero attached hydrogens (tertiary/aromatic N) is 1. The van der Waals surface area contributed by atoms with Crippen molar-refractivity contribution in [2.24, 2.45) is 0 Å². The Morgan fingerprint density at radius 3 is 2.81 bits per heavy atom. The molecule has 1 aliphatic rings. The number of aromatic nitrogens is 1. The number of nitrogens with one attached hydrogen (secondary N) is 2. The first-order valence-corrected chi connectivity index (χ1v) is 8.20. The van der Waals surface area contributed by atoms with Crippen LogP contribution in [0.1, 0.15) is 28.9 Å². The van der Waals surface area contributed by atoms with Crippen LogP contribution in [-0.2, 0) is 0 Å². The molecule has 1 fully saturated rings. The average Bonchev–Trinajstić information content (AvgIpc) is 3.02. The fourth-order valence-corrected chi connectivity index (χ4v) is 3.25. The largest absolute Gasteiger partial charge is 0.349 e. The van der Waals surface area contributed by atoms with Crippen molar-refractivity contribution in [3.8, 4) is 11.3 Å². The molecule has 2 N–H and O–H groups in total. The summed E-state index contributed by atoms with van der Waals surface area (Å²) in [5.41, 5.74) is 3.48. The first-order valence-electron chi connectivity index (χ1n) is 7.26. The number of thiophene rings is 1. The lowest BCUT2D eigenvalue weighted by atomic mass is 10.1.